The van der Waals surface area contributed by atoms with E-state index in [4.69, 9.17) is 0 Å². The molecule has 2 N–H and O–H groups in total. The minimum atomic E-state index is -0.273. The Morgan fingerprint density at radius 2 is 1.95 bits per heavy atom. The number of hydrogen-bond donors (Lipinski definition) is 2. The average Bonchev–Trinajstić information content (AvgIpc) is 2.45. The van der Waals surface area contributed by atoms with E-state index in [9.17, 15) is 9.90 Å². The third kappa shape index (κ3) is 6.42. The highest BCUT2D eigenvalue weighted by Crippen LogP contribution is 2.31. The fourth-order valence-electron chi connectivity index (χ4n) is 2.92. The number of rotatable bonds is 8. The lowest BCUT2D eigenvalue weighted by Gasteiger charge is -2.27. The highest BCUT2D eigenvalue weighted by molar-refractivity contribution is 5.78. The monoisotopic (exact) mass is 269 g/mol. The minimum Gasteiger partial charge on any atom is -0.393 e. The summed E-state index contributed by atoms with van der Waals surface area (Å²) in [6.45, 7) is 4.82. The smallest absolute Gasteiger partial charge is 0.223 e. The Labute approximate surface area is 118 Å². The fourth-order valence-corrected chi connectivity index (χ4v) is 2.92. The summed E-state index contributed by atoms with van der Waals surface area (Å²) in [5.74, 6) is 1.28. The van der Waals surface area contributed by atoms with Crippen LogP contribution in [0.4, 0.5) is 0 Å². The van der Waals surface area contributed by atoms with E-state index in [0.717, 1.165) is 25.2 Å². The van der Waals surface area contributed by atoms with Crippen LogP contribution in [0.25, 0.3) is 0 Å². The van der Waals surface area contributed by atoms with E-state index >= 15 is 0 Å². The number of carbonyl (C=O) groups is 1. The van der Waals surface area contributed by atoms with Crippen molar-refractivity contribution in [3.8, 4) is 0 Å². The Morgan fingerprint density at radius 3 is 2.53 bits per heavy atom. The molecule has 1 rings (SSSR count). The largest absolute Gasteiger partial charge is 0.393 e. The van der Waals surface area contributed by atoms with Crippen molar-refractivity contribution in [2.24, 2.45) is 11.8 Å². The van der Waals surface area contributed by atoms with Crippen molar-refractivity contribution >= 4 is 5.91 Å². The van der Waals surface area contributed by atoms with E-state index < -0.39 is 0 Å². The lowest BCUT2D eigenvalue weighted by atomic mass is 9.79. The lowest BCUT2D eigenvalue weighted by Crippen LogP contribution is -2.34. The molecule has 0 aromatic rings. The van der Waals surface area contributed by atoms with Crippen LogP contribution in [-0.4, -0.2) is 23.7 Å². The number of carbonyl (C=O) groups excluding carboxylic acids is 1. The third-order valence-corrected chi connectivity index (χ3v) is 4.43. The van der Waals surface area contributed by atoms with Crippen molar-refractivity contribution in [3.05, 3.63) is 0 Å². The predicted octanol–water partition coefficient (Wildman–Crippen LogP) is 3.26. The molecule has 1 amide bonds. The molecule has 112 valence electrons. The molecule has 3 nitrogen and oxygen atoms in total. The average molecular weight is 269 g/mol. The molecule has 1 unspecified atom stereocenters. The van der Waals surface area contributed by atoms with Gasteiger partial charge >= 0.3 is 0 Å². The van der Waals surface area contributed by atoms with Crippen molar-refractivity contribution in [2.75, 3.05) is 6.54 Å². The fraction of sp³-hybridized carbons (Fsp3) is 0.938. The summed E-state index contributed by atoms with van der Waals surface area (Å²) >= 11 is 0. The number of hydrogen-bond acceptors (Lipinski definition) is 2. The van der Waals surface area contributed by atoms with Gasteiger partial charge in [0.1, 0.15) is 0 Å². The minimum absolute atomic E-state index is 0.206. The number of aliphatic hydroxyl groups excluding tert-OH is 1. The summed E-state index contributed by atoms with van der Waals surface area (Å²) < 4.78 is 0. The van der Waals surface area contributed by atoms with Crippen molar-refractivity contribution < 1.29 is 9.90 Å². The van der Waals surface area contributed by atoms with Crippen LogP contribution in [0, 0.1) is 11.8 Å². The van der Waals surface area contributed by atoms with E-state index in [0.29, 0.717) is 13.0 Å². The summed E-state index contributed by atoms with van der Waals surface area (Å²) in [7, 11) is 0. The number of unbranched alkanes of at least 4 members (excludes halogenated alkanes) is 1. The first-order valence-corrected chi connectivity index (χ1v) is 8.13. The van der Waals surface area contributed by atoms with Crippen LogP contribution in [0.15, 0.2) is 0 Å². The van der Waals surface area contributed by atoms with E-state index in [-0.39, 0.29) is 17.9 Å². The van der Waals surface area contributed by atoms with Crippen LogP contribution in [-0.2, 0) is 4.79 Å². The molecule has 0 spiro atoms. The molecule has 1 fully saturated rings. The van der Waals surface area contributed by atoms with Gasteiger partial charge < -0.3 is 10.4 Å². The van der Waals surface area contributed by atoms with Gasteiger partial charge in [0.2, 0.25) is 5.91 Å². The zero-order valence-corrected chi connectivity index (χ0v) is 12.7. The van der Waals surface area contributed by atoms with Gasteiger partial charge in [-0.3, -0.25) is 4.79 Å². The predicted molar refractivity (Wildman–Crippen MR) is 78.9 cm³/mol. The summed E-state index contributed by atoms with van der Waals surface area (Å²) in [4.78, 5) is 12.0. The maximum absolute atomic E-state index is 12.0. The van der Waals surface area contributed by atoms with Gasteiger partial charge in [-0.15, -0.1) is 0 Å². The summed E-state index contributed by atoms with van der Waals surface area (Å²) in [5.41, 5.74) is 0. The molecule has 0 heterocycles. The van der Waals surface area contributed by atoms with Gasteiger partial charge in [0.05, 0.1) is 6.10 Å². The topological polar surface area (TPSA) is 49.3 Å². The van der Waals surface area contributed by atoms with Gasteiger partial charge in [-0.2, -0.15) is 0 Å². The molecule has 0 aromatic carbocycles. The standard InChI is InChI=1S/C16H31NO2/c1-3-5-6-13-7-9-14(10-8-13)16(19)17-12-11-15(18)4-2/h13-15,18H,3-12H2,1-2H3,(H,17,19). The third-order valence-electron chi connectivity index (χ3n) is 4.43. The Balaban J connectivity index is 2.14. The van der Waals surface area contributed by atoms with Crippen LogP contribution in [0.3, 0.4) is 0 Å². The molecule has 0 saturated heterocycles. The first-order chi connectivity index (χ1) is 9.17. The molecule has 1 atom stereocenters. The molecular weight excluding hydrogens is 238 g/mol. The number of aliphatic hydroxyl groups is 1. The van der Waals surface area contributed by atoms with Crippen LogP contribution in [0.1, 0.15) is 71.6 Å². The second-order valence-electron chi connectivity index (χ2n) is 6.00. The Hall–Kier alpha value is -0.570. The van der Waals surface area contributed by atoms with Crippen LogP contribution in [0.5, 0.6) is 0 Å². The van der Waals surface area contributed by atoms with Crippen molar-refractivity contribution in [1.82, 2.24) is 5.32 Å². The van der Waals surface area contributed by atoms with Gasteiger partial charge in [-0.25, -0.2) is 0 Å². The maximum Gasteiger partial charge on any atom is 0.223 e. The molecular formula is C16H31NO2. The van der Waals surface area contributed by atoms with Gasteiger partial charge in [0.15, 0.2) is 0 Å². The summed E-state index contributed by atoms with van der Waals surface area (Å²) in [6, 6.07) is 0. The first kappa shape index (κ1) is 16.5. The Kier molecular flexibility index (Phi) is 8.11. The molecule has 0 aliphatic heterocycles. The molecule has 3 heteroatoms. The molecule has 0 radical (unpaired) electrons. The zero-order chi connectivity index (χ0) is 14.1. The van der Waals surface area contributed by atoms with Gasteiger partial charge in [-0.1, -0.05) is 33.1 Å². The van der Waals surface area contributed by atoms with Gasteiger partial charge in [-0.05, 0) is 44.4 Å². The van der Waals surface area contributed by atoms with E-state index in [1.165, 1.54) is 32.1 Å². The lowest BCUT2D eigenvalue weighted by molar-refractivity contribution is -0.126. The van der Waals surface area contributed by atoms with Crippen molar-refractivity contribution in [2.45, 2.75) is 77.7 Å². The van der Waals surface area contributed by atoms with E-state index in [2.05, 4.69) is 12.2 Å². The van der Waals surface area contributed by atoms with Crippen molar-refractivity contribution in [3.63, 3.8) is 0 Å². The van der Waals surface area contributed by atoms with Crippen LogP contribution >= 0.6 is 0 Å². The summed E-state index contributed by atoms with van der Waals surface area (Å²) in [5, 5.41) is 12.4. The van der Waals surface area contributed by atoms with Gasteiger partial charge in [0, 0.05) is 12.5 Å². The van der Waals surface area contributed by atoms with Crippen LogP contribution < -0.4 is 5.32 Å². The highest BCUT2D eigenvalue weighted by atomic mass is 16.3. The number of nitrogens with one attached hydrogen (secondary N) is 1. The zero-order valence-electron chi connectivity index (χ0n) is 12.7. The van der Waals surface area contributed by atoms with Crippen molar-refractivity contribution in [1.29, 1.82) is 0 Å². The Bertz CT molecular complexity index is 247. The normalized spacial score (nSPS) is 25.0. The Morgan fingerprint density at radius 1 is 1.26 bits per heavy atom. The second-order valence-corrected chi connectivity index (χ2v) is 6.00. The maximum atomic E-state index is 12.0. The highest BCUT2D eigenvalue weighted by Gasteiger charge is 2.25. The molecule has 1 saturated carbocycles. The van der Waals surface area contributed by atoms with E-state index in [1.807, 2.05) is 6.92 Å². The number of amides is 1. The molecule has 1 aliphatic rings. The molecule has 0 aromatic heterocycles. The van der Waals surface area contributed by atoms with E-state index in [1.54, 1.807) is 0 Å². The molecule has 19 heavy (non-hydrogen) atoms. The molecule has 0 bridgehead atoms. The van der Waals surface area contributed by atoms with Crippen LogP contribution in [0.2, 0.25) is 0 Å². The quantitative estimate of drug-likeness (QED) is 0.710. The second kappa shape index (κ2) is 9.35. The summed E-state index contributed by atoms with van der Waals surface area (Å²) in [6.07, 6.45) is 9.65. The first-order valence-electron chi connectivity index (χ1n) is 8.13. The molecule has 1 aliphatic carbocycles. The SMILES string of the molecule is CCCCC1CCC(C(=O)NCCC(O)CC)CC1. The van der Waals surface area contributed by atoms with Gasteiger partial charge in [0.25, 0.3) is 0 Å².